The summed E-state index contributed by atoms with van der Waals surface area (Å²) < 4.78 is 71.4. The van der Waals surface area contributed by atoms with Crippen molar-refractivity contribution >= 4 is 28.4 Å². The van der Waals surface area contributed by atoms with Crippen molar-refractivity contribution in [3.05, 3.63) is 29.3 Å². The smallest absolute Gasteiger partial charge is 0.478 e. The molecule has 0 aliphatic carbocycles. The van der Waals surface area contributed by atoms with Crippen LogP contribution in [0.4, 0.5) is 13.2 Å². The van der Waals surface area contributed by atoms with Gasteiger partial charge in [0, 0.05) is 19.6 Å². The van der Waals surface area contributed by atoms with Crippen molar-refractivity contribution in [3.8, 4) is 5.75 Å². The van der Waals surface area contributed by atoms with E-state index in [0.717, 1.165) is 24.5 Å². The molecule has 1 fully saturated rings. The van der Waals surface area contributed by atoms with Crippen molar-refractivity contribution in [2.75, 3.05) is 39.1 Å². The van der Waals surface area contributed by atoms with Crippen molar-refractivity contribution < 1.29 is 41.0 Å². The van der Waals surface area contributed by atoms with Gasteiger partial charge in [-0.15, -0.1) is 25.6 Å². The number of hydrogen-bond acceptors (Lipinski definition) is 6. The topological polar surface area (TPSA) is 105 Å². The molecule has 0 spiro atoms. The first kappa shape index (κ1) is 24.4. The fourth-order valence-corrected chi connectivity index (χ4v) is 3.24. The zero-order valence-corrected chi connectivity index (χ0v) is 16.4. The largest absolute Gasteiger partial charge is 0.573 e. The van der Waals surface area contributed by atoms with Crippen molar-refractivity contribution in [2.45, 2.75) is 12.4 Å². The van der Waals surface area contributed by atoms with Gasteiger partial charge in [0.05, 0.1) is 31.1 Å². The van der Waals surface area contributed by atoms with E-state index in [2.05, 4.69) is 9.46 Å². The van der Waals surface area contributed by atoms with Crippen molar-refractivity contribution in [3.63, 3.8) is 0 Å². The lowest BCUT2D eigenvalue weighted by molar-refractivity contribution is -0.274. The van der Waals surface area contributed by atoms with Crippen LogP contribution in [0.1, 0.15) is 22.0 Å². The first-order valence-corrected chi connectivity index (χ1v) is 9.75. The number of alkyl halides is 3. The number of ether oxygens (including phenoxy) is 2. The molecular formula is C15H20ClF3N2O6S. The molecule has 1 heterocycles. The maximum Gasteiger partial charge on any atom is 0.573 e. The quantitative estimate of drug-likeness (QED) is 0.653. The van der Waals surface area contributed by atoms with Gasteiger partial charge < -0.3 is 14.6 Å². The van der Waals surface area contributed by atoms with E-state index in [1.165, 1.54) is 0 Å². The molecule has 13 heteroatoms. The summed E-state index contributed by atoms with van der Waals surface area (Å²) in [6.45, 7) is 1.03. The maximum atomic E-state index is 12.5. The summed E-state index contributed by atoms with van der Waals surface area (Å²) in [5, 5.41) is 9.37. The number of rotatable bonds is 7. The van der Waals surface area contributed by atoms with Gasteiger partial charge in [-0.25, -0.2) is 17.9 Å². The van der Waals surface area contributed by atoms with Gasteiger partial charge in [-0.05, 0) is 23.8 Å². The molecule has 0 bridgehead atoms. The van der Waals surface area contributed by atoms with Crippen LogP contribution < -0.4 is 9.46 Å². The summed E-state index contributed by atoms with van der Waals surface area (Å²) in [4.78, 5) is 13.2. The minimum absolute atomic E-state index is 0. The molecule has 28 heavy (non-hydrogen) atoms. The zero-order valence-electron chi connectivity index (χ0n) is 14.7. The van der Waals surface area contributed by atoms with Crippen molar-refractivity contribution in [1.29, 1.82) is 0 Å². The third kappa shape index (κ3) is 7.43. The van der Waals surface area contributed by atoms with Crippen LogP contribution in [0.3, 0.4) is 0 Å². The highest BCUT2D eigenvalue weighted by atomic mass is 35.5. The SMILES string of the molecule is CS(=O)(=O)NCCN1CCOCC1c1cc(OC(F)(F)F)ccc1C(=O)O.Cl. The predicted molar refractivity (Wildman–Crippen MR) is 95.3 cm³/mol. The monoisotopic (exact) mass is 448 g/mol. The maximum absolute atomic E-state index is 12.5. The Morgan fingerprint density at radius 2 is 2.11 bits per heavy atom. The summed E-state index contributed by atoms with van der Waals surface area (Å²) in [5.41, 5.74) is -0.0793. The number of halogens is 4. The Labute approximate surface area is 166 Å². The molecule has 1 aliphatic heterocycles. The van der Waals surface area contributed by atoms with Crippen LogP contribution in [0, 0.1) is 0 Å². The van der Waals surface area contributed by atoms with Crippen LogP contribution >= 0.6 is 12.4 Å². The predicted octanol–water partition coefficient (Wildman–Crippen LogP) is 1.63. The van der Waals surface area contributed by atoms with E-state index >= 15 is 0 Å². The molecule has 160 valence electrons. The molecule has 0 amide bonds. The van der Waals surface area contributed by atoms with Crippen LogP contribution in [-0.2, 0) is 14.8 Å². The molecular weight excluding hydrogens is 429 g/mol. The Hall–Kier alpha value is -1.60. The van der Waals surface area contributed by atoms with E-state index < -0.39 is 34.1 Å². The Morgan fingerprint density at radius 1 is 1.43 bits per heavy atom. The third-order valence-electron chi connectivity index (χ3n) is 3.85. The van der Waals surface area contributed by atoms with Gasteiger partial charge in [-0.2, -0.15) is 0 Å². The fraction of sp³-hybridized carbons (Fsp3) is 0.533. The summed E-state index contributed by atoms with van der Waals surface area (Å²) in [6, 6.07) is 2.33. The van der Waals surface area contributed by atoms with Gasteiger partial charge in [0.15, 0.2) is 0 Å². The van der Waals surface area contributed by atoms with Gasteiger partial charge in [-0.1, -0.05) is 0 Å². The zero-order chi connectivity index (χ0) is 20.2. The molecule has 1 atom stereocenters. The van der Waals surface area contributed by atoms with E-state index in [4.69, 9.17) is 4.74 Å². The van der Waals surface area contributed by atoms with Crippen LogP contribution in [0.25, 0.3) is 0 Å². The number of benzene rings is 1. The average Bonchev–Trinajstić information content (AvgIpc) is 2.52. The number of carbonyl (C=O) groups is 1. The first-order chi connectivity index (χ1) is 12.5. The van der Waals surface area contributed by atoms with E-state index in [9.17, 15) is 31.5 Å². The number of nitrogens with zero attached hydrogens (tertiary/aromatic N) is 1. The number of hydrogen-bond donors (Lipinski definition) is 2. The highest BCUT2D eigenvalue weighted by molar-refractivity contribution is 7.88. The average molecular weight is 449 g/mol. The minimum atomic E-state index is -4.91. The Morgan fingerprint density at radius 3 is 2.68 bits per heavy atom. The summed E-state index contributed by atoms with van der Waals surface area (Å²) in [7, 11) is -3.40. The van der Waals surface area contributed by atoms with Crippen molar-refractivity contribution in [2.24, 2.45) is 0 Å². The molecule has 0 radical (unpaired) electrons. The summed E-state index contributed by atoms with van der Waals surface area (Å²) in [5.74, 6) is -1.84. The van der Waals surface area contributed by atoms with E-state index in [1.54, 1.807) is 4.90 Å². The van der Waals surface area contributed by atoms with Crippen LogP contribution in [0.5, 0.6) is 5.75 Å². The molecule has 0 aromatic heterocycles. The Kier molecular flexibility index (Phi) is 8.50. The lowest BCUT2D eigenvalue weighted by Crippen LogP contribution is -2.44. The first-order valence-electron chi connectivity index (χ1n) is 7.86. The van der Waals surface area contributed by atoms with Crippen LogP contribution in [0.15, 0.2) is 18.2 Å². The van der Waals surface area contributed by atoms with Gasteiger partial charge in [0.1, 0.15) is 5.75 Å². The second-order valence-electron chi connectivity index (χ2n) is 5.90. The van der Waals surface area contributed by atoms with Crippen LogP contribution in [0.2, 0.25) is 0 Å². The number of aromatic carboxylic acids is 1. The lowest BCUT2D eigenvalue weighted by atomic mass is 9.98. The number of nitrogens with one attached hydrogen (secondary N) is 1. The number of carboxylic acid groups (broad SMARTS) is 1. The molecule has 2 N–H and O–H groups in total. The highest BCUT2D eigenvalue weighted by Gasteiger charge is 2.33. The highest BCUT2D eigenvalue weighted by Crippen LogP contribution is 2.32. The molecule has 1 saturated heterocycles. The van der Waals surface area contributed by atoms with E-state index in [-0.39, 0.29) is 43.2 Å². The van der Waals surface area contributed by atoms with Gasteiger partial charge in [0.2, 0.25) is 10.0 Å². The summed E-state index contributed by atoms with van der Waals surface area (Å²) in [6.07, 6.45) is -3.91. The Balaban J connectivity index is 0.00000392. The molecule has 1 aromatic rings. The Bertz CT molecular complexity index is 790. The van der Waals surface area contributed by atoms with E-state index in [1.807, 2.05) is 0 Å². The van der Waals surface area contributed by atoms with E-state index in [0.29, 0.717) is 13.2 Å². The molecule has 1 unspecified atom stereocenters. The number of carboxylic acids is 1. The molecule has 1 aliphatic rings. The molecule has 2 rings (SSSR count). The normalized spacial score (nSPS) is 18.4. The summed E-state index contributed by atoms with van der Waals surface area (Å²) >= 11 is 0. The van der Waals surface area contributed by atoms with Crippen molar-refractivity contribution in [1.82, 2.24) is 9.62 Å². The molecule has 8 nitrogen and oxygen atoms in total. The van der Waals surface area contributed by atoms with Gasteiger partial charge in [-0.3, -0.25) is 4.90 Å². The molecule has 1 aromatic carbocycles. The molecule has 0 saturated carbocycles. The minimum Gasteiger partial charge on any atom is -0.478 e. The fourth-order valence-electron chi connectivity index (χ4n) is 2.78. The second-order valence-corrected chi connectivity index (χ2v) is 7.73. The van der Waals surface area contributed by atoms with Gasteiger partial charge in [0.25, 0.3) is 0 Å². The number of sulfonamides is 1. The van der Waals surface area contributed by atoms with Gasteiger partial charge >= 0.3 is 12.3 Å². The van der Waals surface area contributed by atoms with Crippen LogP contribution in [-0.4, -0.2) is 69.9 Å². The number of morpholine rings is 1. The lowest BCUT2D eigenvalue weighted by Gasteiger charge is -2.36. The standard InChI is InChI=1S/C15H19F3N2O6S.ClH/c1-27(23,24)19-4-5-20-6-7-25-9-13(20)12-8-10(26-15(16,17)18)2-3-11(12)14(21)22;/h2-3,8,13,19H,4-7,9H2,1H3,(H,21,22);1H. The third-order valence-corrected chi connectivity index (χ3v) is 4.58. The second kappa shape index (κ2) is 9.74.